The van der Waals surface area contributed by atoms with Crippen molar-refractivity contribution in [3.05, 3.63) is 29.3 Å². The first-order valence-corrected chi connectivity index (χ1v) is 12.3. The predicted molar refractivity (Wildman–Crippen MR) is 128 cm³/mol. The Kier molecular flexibility index (Phi) is 10.4. The summed E-state index contributed by atoms with van der Waals surface area (Å²) >= 11 is 7.33. The first-order chi connectivity index (χ1) is 14.9. The van der Waals surface area contributed by atoms with Crippen LogP contribution < -0.4 is 5.32 Å². The summed E-state index contributed by atoms with van der Waals surface area (Å²) in [5.74, 6) is 0.0224. The van der Waals surface area contributed by atoms with Gasteiger partial charge in [0.1, 0.15) is 5.01 Å². The maximum atomic E-state index is 13.1. The number of carbonyl (C=O) groups excluding carboxylic acids is 2. The zero-order valence-corrected chi connectivity index (χ0v) is 20.4. The van der Waals surface area contributed by atoms with Gasteiger partial charge in [-0.1, -0.05) is 68.7 Å². The third-order valence-electron chi connectivity index (χ3n) is 5.48. The van der Waals surface area contributed by atoms with Crippen molar-refractivity contribution >= 4 is 39.9 Å². The van der Waals surface area contributed by atoms with Gasteiger partial charge in [0.2, 0.25) is 16.9 Å². The summed E-state index contributed by atoms with van der Waals surface area (Å²) in [5, 5.41) is 12.8. The van der Waals surface area contributed by atoms with Crippen molar-refractivity contribution in [1.82, 2.24) is 15.1 Å². The van der Waals surface area contributed by atoms with Crippen LogP contribution in [0.15, 0.2) is 24.3 Å². The first-order valence-electron chi connectivity index (χ1n) is 11.1. The lowest BCUT2D eigenvalue weighted by Crippen LogP contribution is -2.43. The second kappa shape index (κ2) is 12.8. The molecule has 1 heterocycles. The van der Waals surface area contributed by atoms with Gasteiger partial charge in [0, 0.05) is 35.5 Å². The Morgan fingerprint density at radius 2 is 1.97 bits per heavy atom. The fourth-order valence-electron chi connectivity index (χ4n) is 3.37. The molecule has 8 heteroatoms. The molecule has 2 aromatic rings. The number of halogens is 1. The van der Waals surface area contributed by atoms with Gasteiger partial charge in [-0.25, -0.2) is 0 Å². The van der Waals surface area contributed by atoms with E-state index in [1.807, 2.05) is 30.0 Å². The molecular weight excluding hydrogens is 432 g/mol. The van der Waals surface area contributed by atoms with E-state index in [9.17, 15) is 9.59 Å². The van der Waals surface area contributed by atoms with Crippen molar-refractivity contribution in [2.75, 3.05) is 11.9 Å². The zero-order chi connectivity index (χ0) is 22.8. The van der Waals surface area contributed by atoms with Gasteiger partial charge in [0.15, 0.2) is 0 Å². The van der Waals surface area contributed by atoms with Crippen LogP contribution in [0.4, 0.5) is 5.13 Å². The van der Waals surface area contributed by atoms with E-state index in [-0.39, 0.29) is 30.2 Å². The number of aromatic nitrogens is 2. The summed E-state index contributed by atoms with van der Waals surface area (Å²) in [6, 6.07) is 7.46. The number of nitrogens with one attached hydrogen (secondary N) is 1. The second-order valence-corrected chi connectivity index (χ2v) is 9.17. The van der Waals surface area contributed by atoms with E-state index >= 15 is 0 Å². The Labute approximate surface area is 194 Å². The number of hydrogen-bond acceptors (Lipinski definition) is 5. The Morgan fingerprint density at radius 1 is 1.19 bits per heavy atom. The fourth-order valence-corrected chi connectivity index (χ4v) is 4.32. The van der Waals surface area contributed by atoms with Gasteiger partial charge in [0.05, 0.1) is 0 Å². The van der Waals surface area contributed by atoms with E-state index in [0.29, 0.717) is 21.7 Å². The van der Waals surface area contributed by atoms with Gasteiger partial charge in [-0.15, -0.1) is 10.2 Å². The van der Waals surface area contributed by atoms with Crippen molar-refractivity contribution in [3.63, 3.8) is 0 Å². The van der Waals surface area contributed by atoms with Gasteiger partial charge < -0.3 is 10.2 Å². The molecule has 1 aromatic heterocycles. The minimum atomic E-state index is -0.170. The quantitative estimate of drug-likeness (QED) is 0.416. The SMILES string of the molecule is CCCCC(CC)C(=O)N(CCC(=O)Nc1nnc(-c2cccc(Cl)c2)s1)C(C)CC. The van der Waals surface area contributed by atoms with Gasteiger partial charge in [0.25, 0.3) is 0 Å². The van der Waals surface area contributed by atoms with E-state index in [4.69, 9.17) is 11.6 Å². The van der Waals surface area contributed by atoms with Crippen molar-refractivity contribution in [3.8, 4) is 10.6 Å². The highest BCUT2D eigenvalue weighted by Crippen LogP contribution is 2.28. The Balaban J connectivity index is 1.97. The molecule has 0 radical (unpaired) electrons. The van der Waals surface area contributed by atoms with E-state index in [0.717, 1.165) is 37.7 Å². The average molecular weight is 465 g/mol. The molecule has 0 bridgehead atoms. The lowest BCUT2D eigenvalue weighted by molar-refractivity contribution is -0.138. The Hall–Kier alpha value is -1.99. The number of unbranched alkanes of at least 4 members (excludes halogenated alkanes) is 1. The van der Waals surface area contributed by atoms with Crippen molar-refractivity contribution in [2.45, 2.75) is 72.3 Å². The van der Waals surface area contributed by atoms with Crippen molar-refractivity contribution < 1.29 is 9.59 Å². The molecule has 2 atom stereocenters. The molecule has 2 rings (SSSR count). The van der Waals surface area contributed by atoms with Crippen molar-refractivity contribution in [2.24, 2.45) is 5.92 Å². The van der Waals surface area contributed by atoms with Crippen LogP contribution in [0.2, 0.25) is 5.02 Å². The molecular formula is C23H33ClN4O2S. The number of amides is 2. The smallest absolute Gasteiger partial charge is 0.227 e. The van der Waals surface area contributed by atoms with Crippen LogP contribution in [-0.2, 0) is 9.59 Å². The summed E-state index contributed by atoms with van der Waals surface area (Å²) in [6.45, 7) is 8.72. The van der Waals surface area contributed by atoms with Gasteiger partial charge in [-0.05, 0) is 38.3 Å². The monoisotopic (exact) mass is 464 g/mol. The maximum absolute atomic E-state index is 13.1. The summed E-state index contributed by atoms with van der Waals surface area (Å²) < 4.78 is 0. The standard InChI is InChI=1S/C23H33ClN4O2S/c1-5-8-10-17(7-3)22(30)28(16(4)6-2)14-13-20(29)25-23-27-26-21(31-23)18-11-9-12-19(24)15-18/h9,11-12,15-17H,5-8,10,13-14H2,1-4H3,(H,25,27,29). The Bertz CT molecular complexity index is 858. The average Bonchev–Trinajstić information content (AvgIpc) is 3.22. The van der Waals surface area contributed by atoms with Crippen LogP contribution in [0.3, 0.4) is 0 Å². The molecule has 0 aliphatic carbocycles. The van der Waals surface area contributed by atoms with E-state index in [1.54, 1.807) is 6.07 Å². The third-order valence-corrected chi connectivity index (χ3v) is 6.60. The largest absolute Gasteiger partial charge is 0.339 e. The van der Waals surface area contributed by atoms with Gasteiger partial charge in [-0.3, -0.25) is 9.59 Å². The molecule has 1 N–H and O–H groups in total. The van der Waals surface area contributed by atoms with Crippen LogP contribution in [0.25, 0.3) is 10.6 Å². The van der Waals surface area contributed by atoms with Crippen molar-refractivity contribution in [1.29, 1.82) is 0 Å². The summed E-state index contributed by atoms with van der Waals surface area (Å²) in [4.78, 5) is 27.5. The number of nitrogens with zero attached hydrogens (tertiary/aromatic N) is 3. The van der Waals surface area contributed by atoms with Crippen LogP contribution >= 0.6 is 22.9 Å². The highest BCUT2D eigenvalue weighted by molar-refractivity contribution is 7.18. The molecule has 0 aliphatic heterocycles. The van der Waals surface area contributed by atoms with Gasteiger partial charge in [-0.2, -0.15) is 0 Å². The second-order valence-electron chi connectivity index (χ2n) is 7.76. The summed E-state index contributed by atoms with van der Waals surface area (Å²) in [7, 11) is 0. The molecule has 2 unspecified atom stereocenters. The maximum Gasteiger partial charge on any atom is 0.227 e. The zero-order valence-electron chi connectivity index (χ0n) is 18.9. The minimum absolute atomic E-state index is 0.0282. The molecule has 1 aromatic carbocycles. The Morgan fingerprint density at radius 3 is 2.61 bits per heavy atom. The van der Waals surface area contributed by atoms with Gasteiger partial charge >= 0.3 is 0 Å². The fraction of sp³-hybridized carbons (Fsp3) is 0.565. The highest BCUT2D eigenvalue weighted by atomic mass is 35.5. The normalized spacial score (nSPS) is 12.9. The highest BCUT2D eigenvalue weighted by Gasteiger charge is 2.26. The molecule has 0 fully saturated rings. The summed E-state index contributed by atoms with van der Waals surface area (Å²) in [6.07, 6.45) is 4.94. The minimum Gasteiger partial charge on any atom is -0.339 e. The molecule has 31 heavy (non-hydrogen) atoms. The van der Waals surface area contributed by atoms with Crippen LogP contribution in [0, 0.1) is 5.92 Å². The molecule has 0 saturated carbocycles. The molecule has 0 saturated heterocycles. The summed E-state index contributed by atoms with van der Waals surface area (Å²) in [5.41, 5.74) is 0.858. The first kappa shape index (κ1) is 25.3. The number of benzene rings is 1. The molecule has 6 nitrogen and oxygen atoms in total. The third kappa shape index (κ3) is 7.58. The van der Waals surface area contributed by atoms with Crippen LogP contribution in [0.1, 0.15) is 66.2 Å². The van der Waals surface area contributed by atoms with E-state index in [2.05, 4.69) is 36.3 Å². The number of carbonyl (C=O) groups is 2. The molecule has 170 valence electrons. The topological polar surface area (TPSA) is 75.2 Å². The van der Waals surface area contributed by atoms with E-state index < -0.39 is 0 Å². The lowest BCUT2D eigenvalue weighted by Gasteiger charge is -2.32. The number of anilines is 1. The van der Waals surface area contributed by atoms with Crippen LogP contribution in [-0.4, -0.2) is 39.5 Å². The van der Waals surface area contributed by atoms with Crippen LogP contribution in [0.5, 0.6) is 0 Å². The number of hydrogen-bond donors (Lipinski definition) is 1. The number of rotatable bonds is 12. The van der Waals surface area contributed by atoms with E-state index in [1.165, 1.54) is 11.3 Å². The molecule has 0 aliphatic rings. The molecule has 2 amide bonds. The molecule has 0 spiro atoms. The predicted octanol–water partition coefficient (Wildman–Crippen LogP) is 6.03. The lowest BCUT2D eigenvalue weighted by atomic mass is 9.96.